The maximum Gasteiger partial charge on any atom is 0.247 e. The Kier molecular flexibility index (Phi) is 4.78. The van der Waals surface area contributed by atoms with Gasteiger partial charge >= 0.3 is 0 Å². The van der Waals surface area contributed by atoms with Crippen LogP contribution in [0.15, 0.2) is 18.2 Å². The molecule has 0 bridgehead atoms. The van der Waals surface area contributed by atoms with Crippen molar-refractivity contribution in [3.63, 3.8) is 0 Å². The molecule has 1 heterocycles. The Hall–Kier alpha value is -1.83. The molecule has 0 radical (unpaired) electrons. The Balaban J connectivity index is 1.89. The van der Waals surface area contributed by atoms with Gasteiger partial charge < -0.3 is 30.7 Å². The van der Waals surface area contributed by atoms with Gasteiger partial charge in [0.25, 0.3) is 0 Å². The van der Waals surface area contributed by atoms with Gasteiger partial charge in [-0.1, -0.05) is 6.07 Å². The number of hydrogen-bond donors (Lipinski definition) is 4. The number of carbonyl (C=O) groups excluding carboxylic acids is 1. The lowest BCUT2D eigenvalue weighted by atomic mass is 10.1. The zero-order valence-corrected chi connectivity index (χ0v) is 10.9. The summed E-state index contributed by atoms with van der Waals surface area (Å²) in [5.41, 5.74) is 5.58. The Morgan fingerprint density at radius 1 is 1.25 bits per heavy atom. The quantitative estimate of drug-likeness (QED) is 0.528. The van der Waals surface area contributed by atoms with Crippen LogP contribution in [0.3, 0.4) is 0 Å². The summed E-state index contributed by atoms with van der Waals surface area (Å²) in [5.74, 6) is 0.459. The van der Waals surface area contributed by atoms with Gasteiger partial charge in [-0.3, -0.25) is 4.79 Å². The molecule has 1 aliphatic heterocycles. The molecule has 2 atom stereocenters. The van der Waals surface area contributed by atoms with E-state index in [0.717, 1.165) is 0 Å². The van der Waals surface area contributed by atoms with Crippen LogP contribution in [0.4, 0.5) is 0 Å². The fourth-order valence-corrected chi connectivity index (χ4v) is 1.84. The average molecular weight is 282 g/mol. The van der Waals surface area contributed by atoms with Crippen molar-refractivity contribution in [3.05, 3.63) is 23.8 Å². The van der Waals surface area contributed by atoms with Gasteiger partial charge in [-0.05, 0) is 17.7 Å². The molecule has 2 unspecified atom stereocenters. The number of fused-ring (bicyclic) bond motifs is 1. The SMILES string of the molecule is NC(=O)C(O)CNCC(O)c1ccc2c(c1)OCCO2. The lowest BCUT2D eigenvalue weighted by Crippen LogP contribution is -2.38. The number of benzene rings is 1. The molecule has 7 heteroatoms. The van der Waals surface area contributed by atoms with Crippen molar-refractivity contribution >= 4 is 5.91 Å². The van der Waals surface area contributed by atoms with Crippen molar-refractivity contribution in [2.24, 2.45) is 5.73 Å². The molecule has 1 aliphatic rings. The van der Waals surface area contributed by atoms with E-state index in [1.165, 1.54) is 0 Å². The number of nitrogens with one attached hydrogen (secondary N) is 1. The third-order valence-corrected chi connectivity index (χ3v) is 2.95. The normalized spacial score (nSPS) is 16.5. The van der Waals surface area contributed by atoms with Crippen LogP contribution in [0.5, 0.6) is 11.5 Å². The van der Waals surface area contributed by atoms with Crippen LogP contribution in [0.1, 0.15) is 11.7 Å². The first-order valence-corrected chi connectivity index (χ1v) is 6.33. The van der Waals surface area contributed by atoms with E-state index in [0.29, 0.717) is 30.3 Å². The van der Waals surface area contributed by atoms with Crippen LogP contribution in [0.25, 0.3) is 0 Å². The molecule has 7 nitrogen and oxygen atoms in total. The van der Waals surface area contributed by atoms with Crippen molar-refractivity contribution < 1.29 is 24.5 Å². The molecule has 0 spiro atoms. The molecular formula is C13H18N2O5. The fourth-order valence-electron chi connectivity index (χ4n) is 1.84. The molecule has 0 fully saturated rings. The smallest absolute Gasteiger partial charge is 0.247 e. The zero-order valence-electron chi connectivity index (χ0n) is 10.9. The number of hydrogen-bond acceptors (Lipinski definition) is 6. The van der Waals surface area contributed by atoms with E-state index >= 15 is 0 Å². The Labute approximate surface area is 116 Å². The number of aliphatic hydroxyl groups excluding tert-OH is 2. The third-order valence-electron chi connectivity index (χ3n) is 2.95. The first-order valence-electron chi connectivity index (χ1n) is 6.33. The van der Waals surface area contributed by atoms with Gasteiger partial charge in [-0.2, -0.15) is 0 Å². The second-order valence-corrected chi connectivity index (χ2v) is 4.50. The summed E-state index contributed by atoms with van der Waals surface area (Å²) < 4.78 is 10.8. The van der Waals surface area contributed by atoms with Crippen LogP contribution in [-0.4, -0.2) is 48.5 Å². The van der Waals surface area contributed by atoms with Crippen molar-refractivity contribution in [1.29, 1.82) is 0 Å². The predicted molar refractivity (Wildman–Crippen MR) is 70.5 cm³/mol. The van der Waals surface area contributed by atoms with Crippen LogP contribution in [0.2, 0.25) is 0 Å². The van der Waals surface area contributed by atoms with Gasteiger partial charge in [0.1, 0.15) is 19.3 Å². The molecule has 0 aliphatic carbocycles. The van der Waals surface area contributed by atoms with Gasteiger partial charge in [0.2, 0.25) is 5.91 Å². The molecule has 0 aromatic heterocycles. The standard InChI is InChI=1S/C13H18N2O5/c14-13(18)10(17)7-15-6-9(16)8-1-2-11-12(5-8)20-4-3-19-11/h1-2,5,9-10,15-17H,3-4,6-7H2,(H2,14,18). The van der Waals surface area contributed by atoms with Crippen molar-refractivity contribution in [2.45, 2.75) is 12.2 Å². The maximum absolute atomic E-state index is 10.6. The van der Waals surface area contributed by atoms with Gasteiger partial charge in [0.05, 0.1) is 6.10 Å². The first kappa shape index (κ1) is 14.6. The van der Waals surface area contributed by atoms with Crippen LogP contribution in [-0.2, 0) is 4.79 Å². The summed E-state index contributed by atoms with van der Waals surface area (Å²) in [5, 5.41) is 22.0. The highest BCUT2D eigenvalue weighted by Gasteiger charge is 2.16. The minimum absolute atomic E-state index is 0.00303. The fraction of sp³-hybridized carbons (Fsp3) is 0.462. The van der Waals surface area contributed by atoms with E-state index in [4.69, 9.17) is 15.2 Å². The topological polar surface area (TPSA) is 114 Å². The summed E-state index contributed by atoms with van der Waals surface area (Å²) >= 11 is 0. The number of rotatable bonds is 6. The van der Waals surface area contributed by atoms with Crippen molar-refractivity contribution in [2.75, 3.05) is 26.3 Å². The molecule has 0 saturated heterocycles. The Bertz CT molecular complexity index is 480. The van der Waals surface area contributed by atoms with E-state index in [2.05, 4.69) is 5.32 Å². The van der Waals surface area contributed by atoms with Crippen LogP contribution in [0, 0.1) is 0 Å². The summed E-state index contributed by atoms with van der Waals surface area (Å²) in [7, 11) is 0. The summed E-state index contributed by atoms with van der Waals surface area (Å²) in [4.78, 5) is 10.6. The lowest BCUT2D eigenvalue weighted by molar-refractivity contribution is -0.125. The van der Waals surface area contributed by atoms with E-state index in [1.54, 1.807) is 18.2 Å². The highest BCUT2D eigenvalue weighted by molar-refractivity contribution is 5.78. The van der Waals surface area contributed by atoms with E-state index < -0.39 is 18.1 Å². The highest BCUT2D eigenvalue weighted by atomic mass is 16.6. The van der Waals surface area contributed by atoms with E-state index in [-0.39, 0.29) is 13.1 Å². The predicted octanol–water partition coefficient (Wildman–Crippen LogP) is -1.07. The minimum Gasteiger partial charge on any atom is -0.486 e. The van der Waals surface area contributed by atoms with E-state index in [1.807, 2.05) is 0 Å². The van der Waals surface area contributed by atoms with Gasteiger partial charge in [-0.15, -0.1) is 0 Å². The monoisotopic (exact) mass is 282 g/mol. The lowest BCUT2D eigenvalue weighted by Gasteiger charge is -2.20. The number of carbonyl (C=O) groups is 1. The van der Waals surface area contributed by atoms with Crippen molar-refractivity contribution in [3.8, 4) is 11.5 Å². The summed E-state index contributed by atoms with van der Waals surface area (Å²) in [6, 6.07) is 5.20. The Morgan fingerprint density at radius 3 is 2.65 bits per heavy atom. The molecule has 1 aromatic carbocycles. The Morgan fingerprint density at radius 2 is 1.95 bits per heavy atom. The van der Waals surface area contributed by atoms with E-state index in [9.17, 15) is 15.0 Å². The number of amides is 1. The molecule has 5 N–H and O–H groups in total. The highest BCUT2D eigenvalue weighted by Crippen LogP contribution is 2.32. The summed E-state index contributed by atoms with van der Waals surface area (Å²) in [6.45, 7) is 1.18. The molecule has 110 valence electrons. The molecule has 0 saturated carbocycles. The maximum atomic E-state index is 10.6. The second kappa shape index (κ2) is 6.56. The van der Waals surface area contributed by atoms with Crippen molar-refractivity contribution in [1.82, 2.24) is 5.32 Å². The molecular weight excluding hydrogens is 264 g/mol. The summed E-state index contributed by atoms with van der Waals surface area (Å²) in [6.07, 6.45) is -2.05. The largest absolute Gasteiger partial charge is 0.486 e. The van der Waals surface area contributed by atoms with Gasteiger partial charge in [-0.25, -0.2) is 0 Å². The molecule has 20 heavy (non-hydrogen) atoms. The second-order valence-electron chi connectivity index (χ2n) is 4.50. The first-order chi connectivity index (χ1) is 9.58. The van der Waals surface area contributed by atoms with Gasteiger partial charge in [0, 0.05) is 13.1 Å². The minimum atomic E-state index is -1.26. The number of primary amides is 1. The molecule has 1 aromatic rings. The van der Waals surface area contributed by atoms with Gasteiger partial charge in [0.15, 0.2) is 11.5 Å². The number of ether oxygens (including phenoxy) is 2. The third kappa shape index (κ3) is 3.60. The van der Waals surface area contributed by atoms with Crippen LogP contribution < -0.4 is 20.5 Å². The average Bonchev–Trinajstić information content (AvgIpc) is 2.46. The number of nitrogens with two attached hydrogens (primary N) is 1. The molecule has 1 amide bonds. The molecule has 2 rings (SSSR count). The zero-order chi connectivity index (χ0) is 14.5. The number of aliphatic hydroxyl groups is 2. The van der Waals surface area contributed by atoms with Crippen LogP contribution >= 0.6 is 0 Å².